The van der Waals surface area contributed by atoms with Crippen molar-refractivity contribution in [3.05, 3.63) is 52.7 Å². The molecule has 7 heteroatoms. The number of ether oxygens (including phenoxy) is 1. The third kappa shape index (κ3) is 4.09. The lowest BCUT2D eigenvalue weighted by atomic mass is 10.1. The Bertz CT molecular complexity index is 738. The van der Waals surface area contributed by atoms with Crippen molar-refractivity contribution in [2.45, 2.75) is 19.9 Å². The van der Waals surface area contributed by atoms with Gasteiger partial charge >= 0.3 is 5.97 Å². The van der Waals surface area contributed by atoms with Crippen molar-refractivity contribution in [1.82, 2.24) is 5.32 Å². The Morgan fingerprint density at radius 1 is 1.35 bits per heavy atom. The third-order valence-electron chi connectivity index (χ3n) is 3.24. The van der Waals surface area contributed by atoms with Gasteiger partial charge in [-0.1, -0.05) is 6.07 Å². The van der Waals surface area contributed by atoms with Gasteiger partial charge in [-0.05, 0) is 30.7 Å². The highest BCUT2D eigenvalue weighted by Gasteiger charge is 2.14. The van der Waals surface area contributed by atoms with E-state index in [0.717, 1.165) is 0 Å². The highest BCUT2D eigenvalue weighted by Crippen LogP contribution is 2.18. The van der Waals surface area contributed by atoms with Crippen molar-refractivity contribution in [3.8, 4) is 5.75 Å². The number of carboxylic acids is 1. The zero-order chi connectivity index (χ0) is 17.0. The Morgan fingerprint density at radius 2 is 2.09 bits per heavy atom. The van der Waals surface area contributed by atoms with Crippen LogP contribution in [0.25, 0.3) is 0 Å². The van der Waals surface area contributed by atoms with Gasteiger partial charge in [0.15, 0.2) is 11.6 Å². The van der Waals surface area contributed by atoms with Crippen LogP contribution in [0, 0.1) is 12.7 Å². The number of benzene rings is 1. The van der Waals surface area contributed by atoms with Crippen LogP contribution in [0.5, 0.6) is 5.75 Å². The fraction of sp³-hybridized carbons (Fsp3) is 0.250. The van der Waals surface area contributed by atoms with Gasteiger partial charge in [0.2, 0.25) is 5.91 Å². The number of halogens is 1. The van der Waals surface area contributed by atoms with Gasteiger partial charge in [-0.15, -0.1) is 0 Å². The Balaban J connectivity index is 1.94. The molecule has 0 aliphatic carbocycles. The summed E-state index contributed by atoms with van der Waals surface area (Å²) >= 11 is 0. The molecule has 2 N–H and O–H groups in total. The Hall–Kier alpha value is -2.83. The smallest absolute Gasteiger partial charge is 0.339 e. The quantitative estimate of drug-likeness (QED) is 0.852. The summed E-state index contributed by atoms with van der Waals surface area (Å²) in [5.41, 5.74) is 0.564. The summed E-state index contributed by atoms with van der Waals surface area (Å²) in [6.07, 6.45) is -0.00755. The molecule has 0 spiro atoms. The predicted molar refractivity (Wildman–Crippen MR) is 78.9 cm³/mol. The number of hydrogen-bond acceptors (Lipinski definition) is 4. The number of aromatic carboxylic acids is 1. The monoisotopic (exact) mass is 321 g/mol. The molecule has 0 saturated heterocycles. The number of carboxylic acid groups (broad SMARTS) is 1. The molecule has 23 heavy (non-hydrogen) atoms. The minimum Gasteiger partial charge on any atom is -0.494 e. The van der Waals surface area contributed by atoms with Crippen LogP contribution in [0.4, 0.5) is 4.39 Å². The number of carbonyl (C=O) groups is 2. The molecule has 122 valence electrons. The van der Waals surface area contributed by atoms with E-state index in [1.54, 1.807) is 6.07 Å². The largest absolute Gasteiger partial charge is 0.494 e. The molecule has 2 aromatic rings. The predicted octanol–water partition coefficient (Wildman–Crippen LogP) is 2.29. The number of furan rings is 1. The van der Waals surface area contributed by atoms with Crippen LogP contribution in [0.2, 0.25) is 0 Å². The molecule has 0 aliphatic rings. The van der Waals surface area contributed by atoms with Gasteiger partial charge in [0.25, 0.3) is 0 Å². The van der Waals surface area contributed by atoms with Gasteiger partial charge in [-0.25, -0.2) is 9.18 Å². The fourth-order valence-corrected chi connectivity index (χ4v) is 2.10. The average Bonchev–Trinajstić information content (AvgIpc) is 2.87. The van der Waals surface area contributed by atoms with E-state index in [2.05, 4.69) is 5.32 Å². The second-order valence-electron chi connectivity index (χ2n) is 4.91. The summed E-state index contributed by atoms with van der Waals surface area (Å²) < 4.78 is 23.6. The van der Waals surface area contributed by atoms with Crippen LogP contribution < -0.4 is 10.1 Å². The lowest BCUT2D eigenvalue weighted by Gasteiger charge is -2.06. The first-order chi connectivity index (χ1) is 10.9. The molecule has 1 amide bonds. The van der Waals surface area contributed by atoms with Crippen LogP contribution in [-0.4, -0.2) is 24.1 Å². The molecule has 1 aromatic carbocycles. The second-order valence-corrected chi connectivity index (χ2v) is 4.91. The third-order valence-corrected chi connectivity index (χ3v) is 3.24. The minimum atomic E-state index is -1.09. The van der Waals surface area contributed by atoms with Crippen molar-refractivity contribution in [1.29, 1.82) is 0 Å². The van der Waals surface area contributed by atoms with Gasteiger partial charge in [0.05, 0.1) is 20.1 Å². The highest BCUT2D eigenvalue weighted by atomic mass is 19.1. The van der Waals surface area contributed by atoms with Crippen LogP contribution >= 0.6 is 0 Å². The van der Waals surface area contributed by atoms with Gasteiger partial charge < -0.3 is 19.6 Å². The number of rotatable bonds is 6. The summed E-state index contributed by atoms with van der Waals surface area (Å²) in [4.78, 5) is 22.8. The van der Waals surface area contributed by atoms with Gasteiger partial charge in [0, 0.05) is 0 Å². The first kappa shape index (κ1) is 16.5. The van der Waals surface area contributed by atoms with Crippen LogP contribution in [0.1, 0.15) is 27.4 Å². The number of aryl methyl sites for hydroxylation is 1. The summed E-state index contributed by atoms with van der Waals surface area (Å²) in [6, 6.07) is 5.65. The molecule has 0 bridgehead atoms. The Labute approximate surface area is 131 Å². The molecule has 0 fully saturated rings. The highest BCUT2D eigenvalue weighted by molar-refractivity contribution is 5.88. The number of carbonyl (C=O) groups excluding carboxylic acids is 1. The van der Waals surface area contributed by atoms with E-state index < -0.39 is 11.8 Å². The average molecular weight is 321 g/mol. The number of nitrogens with one attached hydrogen (secondary N) is 1. The molecule has 6 nitrogen and oxygen atoms in total. The molecular formula is C16H16FNO5. The molecule has 1 aromatic heterocycles. The van der Waals surface area contributed by atoms with Crippen LogP contribution in [0.3, 0.4) is 0 Å². The van der Waals surface area contributed by atoms with E-state index >= 15 is 0 Å². The fourth-order valence-electron chi connectivity index (χ4n) is 2.10. The molecule has 0 aliphatic heterocycles. The van der Waals surface area contributed by atoms with E-state index in [1.165, 1.54) is 32.2 Å². The van der Waals surface area contributed by atoms with E-state index in [1.807, 2.05) is 0 Å². The van der Waals surface area contributed by atoms with Crippen LogP contribution in [0.15, 0.2) is 28.7 Å². The molecular weight excluding hydrogens is 305 g/mol. The summed E-state index contributed by atoms with van der Waals surface area (Å²) in [5, 5.41) is 11.5. The number of methoxy groups -OCH3 is 1. The molecule has 1 heterocycles. The Morgan fingerprint density at radius 3 is 2.65 bits per heavy atom. The van der Waals surface area contributed by atoms with E-state index in [0.29, 0.717) is 11.3 Å². The molecule has 0 atom stereocenters. The zero-order valence-corrected chi connectivity index (χ0v) is 12.7. The van der Waals surface area contributed by atoms with Crippen molar-refractivity contribution in [2.75, 3.05) is 7.11 Å². The van der Waals surface area contributed by atoms with Crippen LogP contribution in [-0.2, 0) is 17.8 Å². The van der Waals surface area contributed by atoms with Gasteiger partial charge in [-0.3, -0.25) is 4.79 Å². The van der Waals surface area contributed by atoms with Crippen molar-refractivity contribution >= 4 is 11.9 Å². The van der Waals surface area contributed by atoms with Gasteiger partial charge in [-0.2, -0.15) is 0 Å². The number of amides is 1. The lowest BCUT2D eigenvalue weighted by Crippen LogP contribution is -2.24. The lowest BCUT2D eigenvalue weighted by molar-refractivity contribution is -0.120. The van der Waals surface area contributed by atoms with E-state index in [9.17, 15) is 14.0 Å². The second kappa shape index (κ2) is 6.95. The summed E-state index contributed by atoms with van der Waals surface area (Å²) in [6.45, 7) is 1.60. The summed E-state index contributed by atoms with van der Waals surface area (Å²) in [5.74, 6) is -1.22. The molecule has 0 unspecified atom stereocenters. The Kier molecular flexibility index (Phi) is 5.00. The molecule has 0 radical (unpaired) electrons. The van der Waals surface area contributed by atoms with Crippen molar-refractivity contribution < 1.29 is 28.2 Å². The van der Waals surface area contributed by atoms with E-state index in [-0.39, 0.29) is 35.9 Å². The zero-order valence-electron chi connectivity index (χ0n) is 12.7. The van der Waals surface area contributed by atoms with Gasteiger partial charge in [0.1, 0.15) is 17.1 Å². The summed E-state index contributed by atoms with van der Waals surface area (Å²) in [7, 11) is 1.36. The van der Waals surface area contributed by atoms with Crippen molar-refractivity contribution in [2.24, 2.45) is 0 Å². The molecule has 2 rings (SSSR count). The molecule has 0 saturated carbocycles. The van der Waals surface area contributed by atoms with Crippen molar-refractivity contribution in [3.63, 3.8) is 0 Å². The minimum absolute atomic E-state index is 0.00755. The first-order valence-electron chi connectivity index (χ1n) is 6.82. The SMILES string of the molecule is COc1ccc(CC(=O)NCc2cc(C(=O)O)c(C)o2)cc1F. The maximum atomic E-state index is 13.5. The standard InChI is InChI=1S/C16H16FNO5/c1-9-12(16(20)21)7-11(23-9)8-18-15(19)6-10-3-4-14(22-2)13(17)5-10/h3-5,7H,6,8H2,1-2H3,(H,18,19)(H,20,21). The maximum absolute atomic E-state index is 13.5. The first-order valence-corrected chi connectivity index (χ1v) is 6.82. The number of hydrogen-bond donors (Lipinski definition) is 2. The normalized spacial score (nSPS) is 10.4. The maximum Gasteiger partial charge on any atom is 0.339 e. The topological polar surface area (TPSA) is 88.8 Å². The van der Waals surface area contributed by atoms with E-state index in [4.69, 9.17) is 14.3 Å².